The van der Waals surface area contributed by atoms with Gasteiger partial charge < -0.3 is 0 Å². The van der Waals surface area contributed by atoms with Crippen molar-refractivity contribution in [3.63, 3.8) is 0 Å². The van der Waals surface area contributed by atoms with E-state index in [1.807, 2.05) is 0 Å². The molecule has 0 heterocycles. The second-order valence-corrected chi connectivity index (χ2v) is 7.57. The fourth-order valence-electron chi connectivity index (χ4n) is 3.02. The van der Waals surface area contributed by atoms with Crippen LogP contribution in [0.4, 0.5) is 0 Å². The summed E-state index contributed by atoms with van der Waals surface area (Å²) in [5.74, 6) is 1.76. The van der Waals surface area contributed by atoms with E-state index in [9.17, 15) is 0 Å². The Labute approximate surface area is 105 Å². The highest BCUT2D eigenvalue weighted by atomic mass is 14.4. The van der Waals surface area contributed by atoms with Gasteiger partial charge in [0.2, 0.25) is 0 Å². The highest BCUT2D eigenvalue weighted by Gasteiger charge is 2.37. The Morgan fingerprint density at radius 1 is 0.875 bits per heavy atom. The maximum atomic E-state index is 6.03. The maximum Gasteiger partial charge on any atom is 0.0695 e. The van der Waals surface area contributed by atoms with Gasteiger partial charge in [-0.05, 0) is 22.7 Å². The summed E-state index contributed by atoms with van der Waals surface area (Å²) in [6.07, 6.45) is 2.39. The van der Waals surface area contributed by atoms with Crippen molar-refractivity contribution in [3.05, 3.63) is 0 Å². The van der Waals surface area contributed by atoms with Gasteiger partial charge in [-0.1, -0.05) is 74.0 Å². The standard InChI is InChI=1S/C15H31B/c1-9-12(14(3,4)5)13(10-11(2)16)15(6,7)8/h11-13H,9-10H2,1-8H3. The molecule has 3 atom stereocenters. The van der Waals surface area contributed by atoms with E-state index >= 15 is 0 Å². The van der Waals surface area contributed by atoms with Gasteiger partial charge in [-0.2, -0.15) is 0 Å². The van der Waals surface area contributed by atoms with Crippen LogP contribution in [0.5, 0.6) is 0 Å². The summed E-state index contributed by atoms with van der Waals surface area (Å²) in [6, 6.07) is 0. The lowest BCUT2D eigenvalue weighted by Gasteiger charge is -2.44. The van der Waals surface area contributed by atoms with Crippen LogP contribution in [0, 0.1) is 22.7 Å². The molecule has 0 nitrogen and oxygen atoms in total. The van der Waals surface area contributed by atoms with Crippen molar-refractivity contribution in [2.75, 3.05) is 0 Å². The van der Waals surface area contributed by atoms with E-state index in [-0.39, 0.29) is 0 Å². The van der Waals surface area contributed by atoms with Crippen molar-refractivity contribution in [1.82, 2.24) is 0 Å². The molecule has 0 N–H and O–H groups in total. The minimum atomic E-state index is 0.306. The number of hydrogen-bond acceptors (Lipinski definition) is 0. The van der Waals surface area contributed by atoms with E-state index in [1.165, 1.54) is 6.42 Å². The van der Waals surface area contributed by atoms with Gasteiger partial charge in [0, 0.05) is 0 Å². The van der Waals surface area contributed by atoms with Crippen LogP contribution >= 0.6 is 0 Å². The van der Waals surface area contributed by atoms with Crippen LogP contribution in [-0.2, 0) is 0 Å². The molecule has 1 heteroatoms. The Morgan fingerprint density at radius 2 is 1.25 bits per heavy atom. The van der Waals surface area contributed by atoms with Crippen molar-refractivity contribution < 1.29 is 0 Å². The molecule has 0 spiro atoms. The summed E-state index contributed by atoms with van der Waals surface area (Å²) in [4.78, 5) is 0. The van der Waals surface area contributed by atoms with Gasteiger partial charge in [-0.25, -0.2) is 0 Å². The number of hydrogen-bond donors (Lipinski definition) is 0. The molecule has 2 radical (unpaired) electrons. The molecular weight excluding hydrogens is 191 g/mol. The van der Waals surface area contributed by atoms with Gasteiger partial charge in [0.15, 0.2) is 0 Å². The Kier molecular flexibility index (Phi) is 5.62. The summed E-state index contributed by atoms with van der Waals surface area (Å²) in [6.45, 7) is 18.6. The fourth-order valence-corrected chi connectivity index (χ4v) is 3.02. The molecule has 0 fully saturated rings. The predicted molar refractivity (Wildman–Crippen MR) is 76.0 cm³/mol. The monoisotopic (exact) mass is 222 g/mol. The largest absolute Gasteiger partial charge is 0.0799 e. The third-order valence-corrected chi connectivity index (χ3v) is 3.78. The number of rotatable bonds is 4. The van der Waals surface area contributed by atoms with Crippen molar-refractivity contribution in [1.29, 1.82) is 0 Å². The summed E-state index contributed by atoms with van der Waals surface area (Å²) in [5, 5.41) is 0. The lowest BCUT2D eigenvalue weighted by Crippen LogP contribution is -2.36. The third kappa shape index (κ3) is 4.93. The van der Waals surface area contributed by atoms with Gasteiger partial charge in [-0.3, -0.25) is 0 Å². The van der Waals surface area contributed by atoms with Crippen molar-refractivity contribution >= 4 is 7.85 Å². The Balaban J connectivity index is 5.00. The summed E-state index contributed by atoms with van der Waals surface area (Å²) in [7, 11) is 6.03. The molecule has 94 valence electrons. The summed E-state index contributed by atoms with van der Waals surface area (Å²) < 4.78 is 0. The van der Waals surface area contributed by atoms with E-state index < -0.39 is 0 Å². The zero-order valence-electron chi connectivity index (χ0n) is 12.7. The van der Waals surface area contributed by atoms with Gasteiger partial charge >= 0.3 is 0 Å². The van der Waals surface area contributed by atoms with E-state index in [0.717, 1.165) is 12.3 Å². The lowest BCUT2D eigenvalue weighted by molar-refractivity contribution is 0.0606. The predicted octanol–water partition coefficient (Wildman–Crippen LogP) is 5.09. The van der Waals surface area contributed by atoms with E-state index in [4.69, 9.17) is 7.85 Å². The normalized spacial score (nSPS) is 19.2. The minimum absolute atomic E-state index is 0.306. The first-order chi connectivity index (χ1) is 7.00. The molecule has 0 saturated heterocycles. The average Bonchev–Trinajstić information content (AvgIpc) is 1.98. The van der Waals surface area contributed by atoms with E-state index in [0.29, 0.717) is 22.6 Å². The minimum Gasteiger partial charge on any atom is -0.0799 e. The zero-order chi connectivity index (χ0) is 13.1. The van der Waals surface area contributed by atoms with Crippen LogP contribution < -0.4 is 0 Å². The van der Waals surface area contributed by atoms with Gasteiger partial charge in [0.1, 0.15) is 0 Å². The molecule has 0 aromatic carbocycles. The summed E-state index contributed by atoms with van der Waals surface area (Å²) in [5.41, 5.74) is 0.725. The molecule has 0 bridgehead atoms. The molecule has 3 unspecified atom stereocenters. The van der Waals surface area contributed by atoms with Gasteiger partial charge in [0.25, 0.3) is 0 Å². The van der Waals surface area contributed by atoms with Gasteiger partial charge in [-0.15, -0.1) is 0 Å². The fraction of sp³-hybridized carbons (Fsp3) is 1.00. The molecule has 0 aliphatic heterocycles. The summed E-state index contributed by atoms with van der Waals surface area (Å²) >= 11 is 0. The Hall–Kier alpha value is 0.0649. The maximum absolute atomic E-state index is 6.03. The van der Waals surface area contributed by atoms with Crippen molar-refractivity contribution in [3.8, 4) is 0 Å². The quantitative estimate of drug-likeness (QED) is 0.581. The molecule has 0 aromatic rings. The van der Waals surface area contributed by atoms with Crippen molar-refractivity contribution in [2.24, 2.45) is 22.7 Å². The van der Waals surface area contributed by atoms with Crippen LogP contribution in [-0.4, -0.2) is 7.85 Å². The molecular formula is C15H31B. The highest BCUT2D eigenvalue weighted by Crippen LogP contribution is 2.46. The van der Waals surface area contributed by atoms with Crippen LogP contribution in [0.2, 0.25) is 5.82 Å². The van der Waals surface area contributed by atoms with Crippen molar-refractivity contribution in [2.45, 2.75) is 74.0 Å². The topological polar surface area (TPSA) is 0 Å². The van der Waals surface area contributed by atoms with E-state index in [1.54, 1.807) is 0 Å². The first kappa shape index (κ1) is 16.1. The van der Waals surface area contributed by atoms with Crippen LogP contribution in [0.25, 0.3) is 0 Å². The van der Waals surface area contributed by atoms with Crippen LogP contribution in [0.1, 0.15) is 68.2 Å². The molecule has 0 aliphatic rings. The van der Waals surface area contributed by atoms with Crippen LogP contribution in [0.15, 0.2) is 0 Å². The smallest absolute Gasteiger partial charge is 0.0695 e. The first-order valence-electron chi connectivity index (χ1n) is 6.75. The third-order valence-electron chi connectivity index (χ3n) is 3.78. The average molecular weight is 222 g/mol. The highest BCUT2D eigenvalue weighted by molar-refractivity contribution is 6.11. The first-order valence-corrected chi connectivity index (χ1v) is 6.75. The Morgan fingerprint density at radius 3 is 1.44 bits per heavy atom. The zero-order valence-corrected chi connectivity index (χ0v) is 12.7. The second kappa shape index (κ2) is 5.60. The van der Waals surface area contributed by atoms with Gasteiger partial charge in [0.05, 0.1) is 7.85 Å². The molecule has 0 amide bonds. The lowest BCUT2D eigenvalue weighted by atomic mass is 9.59. The van der Waals surface area contributed by atoms with E-state index in [2.05, 4.69) is 55.4 Å². The molecule has 0 aromatic heterocycles. The molecule has 16 heavy (non-hydrogen) atoms. The van der Waals surface area contributed by atoms with Crippen LogP contribution in [0.3, 0.4) is 0 Å². The second-order valence-electron chi connectivity index (χ2n) is 7.57. The molecule has 0 rings (SSSR count). The SMILES string of the molecule is [B]C(C)CC(C(CC)C(C)(C)C)C(C)(C)C. The Bertz CT molecular complexity index is 192. The molecule has 0 aliphatic carbocycles. The molecule has 0 saturated carbocycles.